The van der Waals surface area contributed by atoms with Crippen molar-refractivity contribution in [2.45, 2.75) is 24.8 Å². The number of sulfone groups is 1. The second kappa shape index (κ2) is 6.24. The summed E-state index contributed by atoms with van der Waals surface area (Å²) >= 11 is 0. The van der Waals surface area contributed by atoms with E-state index in [1.807, 2.05) is 24.3 Å². The maximum Gasteiger partial charge on any atom is 0.180 e. The monoisotopic (exact) mass is 331 g/mol. The molecule has 1 heterocycles. The average molecular weight is 331 g/mol. The topological polar surface area (TPSA) is 46.6 Å². The van der Waals surface area contributed by atoms with Crippen LogP contribution in [0.2, 0.25) is 0 Å². The lowest BCUT2D eigenvalue weighted by atomic mass is 9.98. The lowest BCUT2D eigenvalue weighted by Crippen LogP contribution is -2.31. The molecular formula is C18H21NO3S. The maximum atomic E-state index is 12.4. The van der Waals surface area contributed by atoms with Gasteiger partial charge >= 0.3 is 0 Å². The summed E-state index contributed by atoms with van der Waals surface area (Å²) in [4.78, 5) is 2.57. The molecular weight excluding hydrogens is 310 g/mol. The van der Waals surface area contributed by atoms with Crippen LogP contribution in [0.1, 0.15) is 18.1 Å². The summed E-state index contributed by atoms with van der Waals surface area (Å²) in [5.41, 5.74) is 3.21. The molecule has 0 bridgehead atoms. The Kier molecular flexibility index (Phi) is 4.31. The first-order valence-electron chi connectivity index (χ1n) is 7.78. The Labute approximate surface area is 137 Å². The van der Waals surface area contributed by atoms with Gasteiger partial charge in [0.15, 0.2) is 9.84 Å². The van der Waals surface area contributed by atoms with E-state index in [4.69, 9.17) is 4.74 Å². The Bertz CT molecular complexity index is 815. The van der Waals surface area contributed by atoms with Crippen LogP contribution in [0.25, 0.3) is 0 Å². The van der Waals surface area contributed by atoms with E-state index in [2.05, 4.69) is 11.0 Å². The number of fused-ring (bicyclic) bond motifs is 1. The van der Waals surface area contributed by atoms with Crippen molar-refractivity contribution in [3.63, 3.8) is 0 Å². The van der Waals surface area contributed by atoms with Crippen LogP contribution in [0.4, 0.5) is 5.69 Å². The van der Waals surface area contributed by atoms with Gasteiger partial charge in [0, 0.05) is 18.7 Å². The average Bonchev–Trinajstić information content (AvgIpc) is 2.60. The Morgan fingerprint density at radius 3 is 2.65 bits per heavy atom. The predicted molar refractivity (Wildman–Crippen MR) is 91.9 cm³/mol. The fraction of sp³-hybridized carbons (Fsp3) is 0.333. The molecule has 0 saturated carbocycles. The van der Waals surface area contributed by atoms with E-state index in [0.29, 0.717) is 11.4 Å². The standard InChI is InChI=1S/C18H21NO3S/c1-3-23(20,21)18-10-5-4-8-16(18)19-12-11-15-14(13-19)7-6-9-17(15)22-2/h4-10H,3,11-13H2,1-2H3. The molecule has 5 heteroatoms. The van der Waals surface area contributed by atoms with Crippen molar-refractivity contribution in [1.29, 1.82) is 0 Å². The molecule has 23 heavy (non-hydrogen) atoms. The lowest BCUT2D eigenvalue weighted by Gasteiger charge is -2.32. The molecule has 0 aromatic heterocycles. The summed E-state index contributed by atoms with van der Waals surface area (Å²) in [7, 11) is -1.55. The minimum atomic E-state index is -3.23. The molecule has 1 aliphatic heterocycles. The van der Waals surface area contributed by atoms with E-state index < -0.39 is 9.84 Å². The van der Waals surface area contributed by atoms with Crippen LogP contribution in [0.3, 0.4) is 0 Å². The summed E-state index contributed by atoms with van der Waals surface area (Å²) in [6, 6.07) is 13.3. The molecule has 0 atom stereocenters. The van der Waals surface area contributed by atoms with Crippen molar-refractivity contribution >= 4 is 15.5 Å². The first kappa shape index (κ1) is 15.9. The number of hydrogen-bond donors (Lipinski definition) is 0. The third-order valence-corrected chi connectivity index (χ3v) is 6.14. The molecule has 0 amide bonds. The third kappa shape index (κ3) is 2.93. The molecule has 3 rings (SSSR count). The van der Waals surface area contributed by atoms with Crippen LogP contribution in [0.15, 0.2) is 47.4 Å². The molecule has 4 nitrogen and oxygen atoms in total. The van der Waals surface area contributed by atoms with E-state index in [0.717, 1.165) is 24.4 Å². The van der Waals surface area contributed by atoms with E-state index in [-0.39, 0.29) is 5.75 Å². The molecule has 2 aromatic rings. The van der Waals surface area contributed by atoms with Crippen molar-refractivity contribution in [1.82, 2.24) is 0 Å². The number of ether oxygens (including phenoxy) is 1. The van der Waals surface area contributed by atoms with Gasteiger partial charge in [-0.2, -0.15) is 0 Å². The van der Waals surface area contributed by atoms with Gasteiger partial charge in [0.2, 0.25) is 0 Å². The Hall–Kier alpha value is -2.01. The molecule has 0 aliphatic carbocycles. The first-order chi connectivity index (χ1) is 11.1. The normalized spacial score (nSPS) is 14.4. The van der Waals surface area contributed by atoms with Crippen molar-refractivity contribution in [3.05, 3.63) is 53.6 Å². The fourth-order valence-electron chi connectivity index (χ4n) is 3.11. The number of hydrogen-bond acceptors (Lipinski definition) is 4. The van der Waals surface area contributed by atoms with E-state index in [1.165, 1.54) is 11.1 Å². The number of nitrogens with zero attached hydrogens (tertiary/aromatic N) is 1. The van der Waals surface area contributed by atoms with Crippen LogP contribution in [-0.2, 0) is 22.8 Å². The Balaban J connectivity index is 1.99. The number of benzene rings is 2. The van der Waals surface area contributed by atoms with Gasteiger partial charge < -0.3 is 9.64 Å². The summed E-state index contributed by atoms with van der Waals surface area (Å²) < 4.78 is 30.2. The summed E-state index contributed by atoms with van der Waals surface area (Å²) in [5.74, 6) is 1.03. The molecule has 0 fully saturated rings. The molecule has 0 radical (unpaired) electrons. The molecule has 0 N–H and O–H groups in total. The van der Waals surface area contributed by atoms with Crippen LogP contribution in [-0.4, -0.2) is 27.8 Å². The third-order valence-electron chi connectivity index (χ3n) is 4.36. The number of methoxy groups -OCH3 is 1. The molecule has 122 valence electrons. The van der Waals surface area contributed by atoms with Crippen LogP contribution in [0.5, 0.6) is 5.75 Å². The maximum absolute atomic E-state index is 12.4. The highest BCUT2D eigenvalue weighted by atomic mass is 32.2. The second-order valence-electron chi connectivity index (χ2n) is 5.64. The molecule has 1 aliphatic rings. The van der Waals surface area contributed by atoms with Crippen LogP contribution >= 0.6 is 0 Å². The highest BCUT2D eigenvalue weighted by Gasteiger charge is 2.24. The minimum Gasteiger partial charge on any atom is -0.496 e. The highest BCUT2D eigenvalue weighted by Crippen LogP contribution is 2.33. The second-order valence-corrected chi connectivity index (χ2v) is 7.89. The van der Waals surface area contributed by atoms with Crippen LogP contribution < -0.4 is 9.64 Å². The molecule has 0 spiro atoms. The summed E-state index contributed by atoms with van der Waals surface area (Å²) in [6.45, 7) is 3.16. The van der Waals surface area contributed by atoms with Gasteiger partial charge in [0.25, 0.3) is 0 Å². The van der Waals surface area contributed by atoms with Gasteiger partial charge in [-0.25, -0.2) is 8.42 Å². The predicted octanol–water partition coefficient (Wildman–Crippen LogP) is 3.05. The zero-order valence-electron chi connectivity index (χ0n) is 13.5. The number of para-hydroxylation sites is 1. The van der Waals surface area contributed by atoms with E-state index >= 15 is 0 Å². The molecule has 2 aromatic carbocycles. The highest BCUT2D eigenvalue weighted by molar-refractivity contribution is 7.91. The zero-order chi connectivity index (χ0) is 16.4. The smallest absolute Gasteiger partial charge is 0.180 e. The van der Waals surface area contributed by atoms with Gasteiger partial charge in [0.05, 0.1) is 23.4 Å². The van der Waals surface area contributed by atoms with Crippen molar-refractivity contribution < 1.29 is 13.2 Å². The Morgan fingerprint density at radius 1 is 1.13 bits per heavy atom. The summed E-state index contributed by atoms with van der Waals surface area (Å²) in [6.07, 6.45) is 0.847. The zero-order valence-corrected chi connectivity index (χ0v) is 14.3. The molecule has 0 unspecified atom stereocenters. The van der Waals surface area contributed by atoms with Gasteiger partial charge in [-0.15, -0.1) is 0 Å². The van der Waals surface area contributed by atoms with Gasteiger partial charge in [-0.1, -0.05) is 31.2 Å². The van der Waals surface area contributed by atoms with Gasteiger partial charge in [-0.3, -0.25) is 0 Å². The quantitative estimate of drug-likeness (QED) is 0.864. The minimum absolute atomic E-state index is 0.113. The number of rotatable bonds is 4. The molecule has 0 saturated heterocycles. The van der Waals surface area contributed by atoms with Gasteiger partial charge in [-0.05, 0) is 30.2 Å². The fourth-order valence-corrected chi connectivity index (χ4v) is 4.22. The van der Waals surface area contributed by atoms with Crippen molar-refractivity contribution in [2.24, 2.45) is 0 Å². The first-order valence-corrected chi connectivity index (χ1v) is 9.43. The SMILES string of the molecule is CCS(=O)(=O)c1ccccc1N1CCc2c(cccc2OC)C1. The number of anilines is 1. The van der Waals surface area contributed by atoms with Crippen LogP contribution in [0, 0.1) is 0 Å². The summed E-state index contributed by atoms with van der Waals surface area (Å²) in [5, 5.41) is 0. The van der Waals surface area contributed by atoms with E-state index in [1.54, 1.807) is 26.2 Å². The lowest BCUT2D eigenvalue weighted by molar-refractivity contribution is 0.407. The largest absolute Gasteiger partial charge is 0.496 e. The van der Waals surface area contributed by atoms with Crippen molar-refractivity contribution in [2.75, 3.05) is 24.3 Å². The Morgan fingerprint density at radius 2 is 1.91 bits per heavy atom. The van der Waals surface area contributed by atoms with E-state index in [9.17, 15) is 8.42 Å². The van der Waals surface area contributed by atoms with Gasteiger partial charge in [0.1, 0.15) is 5.75 Å². The van der Waals surface area contributed by atoms with Crippen molar-refractivity contribution in [3.8, 4) is 5.75 Å².